The predicted molar refractivity (Wildman–Crippen MR) is 66.9 cm³/mol. The van der Waals surface area contributed by atoms with Crippen molar-refractivity contribution in [2.75, 3.05) is 13.1 Å². The molecule has 1 aliphatic carbocycles. The van der Waals surface area contributed by atoms with Crippen molar-refractivity contribution in [2.24, 2.45) is 5.92 Å². The Kier molecular flexibility index (Phi) is 2.99. The number of fused-ring (bicyclic) bond motifs is 1. The molecule has 3 fully saturated rings. The SMILES string of the molecule is CC1CCC2NC(=O)N(C3CCNCC3)C2C1. The standard InChI is InChI=1S/C13H23N3O/c1-9-2-3-11-12(8-9)16(13(17)15-11)10-4-6-14-7-5-10/h9-12,14H,2-8H2,1H3,(H,15,17). The van der Waals surface area contributed by atoms with Crippen molar-refractivity contribution in [1.29, 1.82) is 0 Å². The molecule has 2 saturated heterocycles. The molecule has 0 aromatic heterocycles. The van der Waals surface area contributed by atoms with E-state index >= 15 is 0 Å². The van der Waals surface area contributed by atoms with Crippen molar-refractivity contribution < 1.29 is 4.79 Å². The number of nitrogens with one attached hydrogen (secondary N) is 2. The minimum atomic E-state index is 0.195. The van der Waals surface area contributed by atoms with E-state index in [9.17, 15) is 4.79 Å². The molecule has 3 aliphatic rings. The molecule has 96 valence electrons. The molecule has 3 unspecified atom stereocenters. The highest BCUT2D eigenvalue weighted by Crippen LogP contribution is 2.34. The lowest BCUT2D eigenvalue weighted by atomic mass is 9.83. The Balaban J connectivity index is 1.75. The van der Waals surface area contributed by atoms with Gasteiger partial charge >= 0.3 is 6.03 Å². The van der Waals surface area contributed by atoms with Crippen LogP contribution in [0.5, 0.6) is 0 Å². The molecule has 4 nitrogen and oxygen atoms in total. The van der Waals surface area contributed by atoms with Crippen molar-refractivity contribution >= 4 is 6.03 Å². The van der Waals surface area contributed by atoms with Gasteiger partial charge in [0.05, 0.1) is 12.1 Å². The third kappa shape index (κ3) is 2.03. The van der Waals surface area contributed by atoms with Gasteiger partial charge in [0.1, 0.15) is 0 Å². The Morgan fingerprint density at radius 3 is 2.71 bits per heavy atom. The summed E-state index contributed by atoms with van der Waals surface area (Å²) in [6.45, 7) is 4.43. The summed E-state index contributed by atoms with van der Waals surface area (Å²) in [7, 11) is 0. The van der Waals surface area contributed by atoms with Crippen LogP contribution >= 0.6 is 0 Å². The van der Waals surface area contributed by atoms with Gasteiger partial charge < -0.3 is 15.5 Å². The van der Waals surface area contributed by atoms with Crippen LogP contribution in [0.2, 0.25) is 0 Å². The predicted octanol–water partition coefficient (Wildman–Crippen LogP) is 1.32. The summed E-state index contributed by atoms with van der Waals surface area (Å²) in [5.41, 5.74) is 0. The second kappa shape index (κ2) is 4.48. The summed E-state index contributed by atoms with van der Waals surface area (Å²) in [6.07, 6.45) is 5.85. The fraction of sp³-hybridized carbons (Fsp3) is 0.923. The zero-order chi connectivity index (χ0) is 11.8. The summed E-state index contributed by atoms with van der Waals surface area (Å²) < 4.78 is 0. The lowest BCUT2D eigenvalue weighted by Gasteiger charge is -2.39. The van der Waals surface area contributed by atoms with Crippen molar-refractivity contribution in [3.8, 4) is 0 Å². The summed E-state index contributed by atoms with van der Waals surface area (Å²) >= 11 is 0. The Morgan fingerprint density at radius 1 is 1.18 bits per heavy atom. The number of piperidine rings is 1. The monoisotopic (exact) mass is 237 g/mol. The van der Waals surface area contributed by atoms with E-state index in [-0.39, 0.29) is 6.03 Å². The number of amides is 2. The van der Waals surface area contributed by atoms with Gasteiger partial charge in [0.15, 0.2) is 0 Å². The molecule has 0 aromatic carbocycles. The molecular formula is C13H23N3O. The summed E-state index contributed by atoms with van der Waals surface area (Å²) in [4.78, 5) is 14.3. The van der Waals surface area contributed by atoms with Gasteiger partial charge in [0, 0.05) is 6.04 Å². The van der Waals surface area contributed by atoms with E-state index in [0.717, 1.165) is 31.8 Å². The first-order valence-corrected chi connectivity index (χ1v) is 7.05. The molecule has 0 spiro atoms. The van der Waals surface area contributed by atoms with Crippen LogP contribution in [0.4, 0.5) is 4.79 Å². The van der Waals surface area contributed by atoms with Gasteiger partial charge in [0.2, 0.25) is 0 Å². The summed E-state index contributed by atoms with van der Waals surface area (Å²) in [5, 5.41) is 6.57. The molecule has 2 heterocycles. The number of nitrogens with zero attached hydrogens (tertiary/aromatic N) is 1. The van der Waals surface area contributed by atoms with Gasteiger partial charge in [-0.05, 0) is 51.1 Å². The first-order chi connectivity index (χ1) is 8.25. The molecule has 0 radical (unpaired) electrons. The molecule has 0 aromatic rings. The molecule has 17 heavy (non-hydrogen) atoms. The first kappa shape index (κ1) is 11.3. The smallest absolute Gasteiger partial charge is 0.318 e. The van der Waals surface area contributed by atoms with Crippen LogP contribution in [0.3, 0.4) is 0 Å². The highest BCUT2D eigenvalue weighted by Gasteiger charge is 2.45. The minimum absolute atomic E-state index is 0.195. The highest BCUT2D eigenvalue weighted by atomic mass is 16.2. The molecule has 2 N–H and O–H groups in total. The Labute approximate surface area is 103 Å². The fourth-order valence-electron chi connectivity index (χ4n) is 3.73. The van der Waals surface area contributed by atoms with Crippen LogP contribution < -0.4 is 10.6 Å². The minimum Gasteiger partial charge on any atom is -0.333 e. The normalized spacial score (nSPS) is 39.0. The van der Waals surface area contributed by atoms with E-state index in [0.29, 0.717) is 18.1 Å². The van der Waals surface area contributed by atoms with Crippen LogP contribution in [-0.2, 0) is 0 Å². The van der Waals surface area contributed by atoms with Crippen LogP contribution in [0.25, 0.3) is 0 Å². The maximum absolute atomic E-state index is 12.1. The van der Waals surface area contributed by atoms with Gasteiger partial charge in [-0.3, -0.25) is 0 Å². The quantitative estimate of drug-likeness (QED) is 0.722. The largest absolute Gasteiger partial charge is 0.333 e. The molecule has 3 atom stereocenters. The van der Waals surface area contributed by atoms with E-state index < -0.39 is 0 Å². The van der Waals surface area contributed by atoms with Gasteiger partial charge in [0.25, 0.3) is 0 Å². The van der Waals surface area contributed by atoms with Crippen molar-refractivity contribution in [2.45, 2.75) is 57.2 Å². The van der Waals surface area contributed by atoms with Crippen LogP contribution in [0.1, 0.15) is 39.0 Å². The maximum Gasteiger partial charge on any atom is 0.318 e. The zero-order valence-electron chi connectivity index (χ0n) is 10.6. The van der Waals surface area contributed by atoms with Gasteiger partial charge in [-0.15, -0.1) is 0 Å². The number of urea groups is 1. The maximum atomic E-state index is 12.1. The topological polar surface area (TPSA) is 44.4 Å². The van der Waals surface area contributed by atoms with Crippen LogP contribution in [0.15, 0.2) is 0 Å². The van der Waals surface area contributed by atoms with E-state index in [1.807, 2.05) is 0 Å². The van der Waals surface area contributed by atoms with Gasteiger partial charge in [-0.2, -0.15) is 0 Å². The molecule has 4 heteroatoms. The number of carbonyl (C=O) groups is 1. The van der Waals surface area contributed by atoms with Crippen LogP contribution in [0, 0.1) is 5.92 Å². The average molecular weight is 237 g/mol. The number of hydrogen-bond donors (Lipinski definition) is 2. The van der Waals surface area contributed by atoms with E-state index in [1.165, 1.54) is 19.3 Å². The lowest BCUT2D eigenvalue weighted by Crippen LogP contribution is -2.49. The van der Waals surface area contributed by atoms with Gasteiger partial charge in [-0.25, -0.2) is 4.79 Å². The van der Waals surface area contributed by atoms with Gasteiger partial charge in [-0.1, -0.05) is 6.92 Å². The van der Waals surface area contributed by atoms with Crippen molar-refractivity contribution in [1.82, 2.24) is 15.5 Å². The Bertz CT molecular complexity index is 301. The third-order valence-corrected chi connectivity index (χ3v) is 4.68. The highest BCUT2D eigenvalue weighted by molar-refractivity contribution is 5.78. The Morgan fingerprint density at radius 2 is 1.94 bits per heavy atom. The molecule has 2 amide bonds. The number of hydrogen-bond acceptors (Lipinski definition) is 2. The summed E-state index contributed by atoms with van der Waals surface area (Å²) in [5.74, 6) is 0.771. The summed E-state index contributed by atoms with van der Waals surface area (Å²) in [6, 6.07) is 1.56. The number of carbonyl (C=O) groups excluding carboxylic acids is 1. The van der Waals surface area contributed by atoms with Crippen LogP contribution in [-0.4, -0.2) is 42.1 Å². The third-order valence-electron chi connectivity index (χ3n) is 4.68. The molecule has 0 bridgehead atoms. The van der Waals surface area contributed by atoms with E-state index in [2.05, 4.69) is 22.5 Å². The average Bonchev–Trinajstić information content (AvgIpc) is 2.65. The molecular weight excluding hydrogens is 214 g/mol. The van der Waals surface area contributed by atoms with E-state index in [4.69, 9.17) is 0 Å². The number of rotatable bonds is 1. The fourth-order valence-corrected chi connectivity index (χ4v) is 3.73. The van der Waals surface area contributed by atoms with E-state index in [1.54, 1.807) is 0 Å². The molecule has 1 saturated carbocycles. The molecule has 3 rings (SSSR count). The van der Waals surface area contributed by atoms with Crippen molar-refractivity contribution in [3.05, 3.63) is 0 Å². The zero-order valence-corrected chi connectivity index (χ0v) is 10.6. The first-order valence-electron chi connectivity index (χ1n) is 7.05. The second-order valence-electron chi connectivity index (χ2n) is 5.93. The Hall–Kier alpha value is -0.770. The molecule has 2 aliphatic heterocycles. The van der Waals surface area contributed by atoms with Crippen molar-refractivity contribution in [3.63, 3.8) is 0 Å². The lowest BCUT2D eigenvalue weighted by molar-refractivity contribution is 0.125. The second-order valence-corrected chi connectivity index (χ2v) is 5.93.